The molecule has 9 heavy (non-hydrogen) atoms. The van der Waals surface area contributed by atoms with Gasteiger partial charge in [0.1, 0.15) is 0 Å². The molecule has 0 aromatic carbocycles. The molecule has 0 aliphatic heterocycles. The van der Waals surface area contributed by atoms with E-state index in [4.69, 9.17) is 9.90 Å². The van der Waals surface area contributed by atoms with Crippen molar-refractivity contribution in [1.29, 1.82) is 0 Å². The Morgan fingerprint density at radius 1 is 1.67 bits per heavy atom. The van der Waals surface area contributed by atoms with Crippen LogP contribution in [0.2, 0.25) is 3.93 Å². The summed E-state index contributed by atoms with van der Waals surface area (Å²) in [5, 5.41) is 7.42. The van der Waals surface area contributed by atoms with Crippen molar-refractivity contribution in [3.05, 3.63) is 0 Å². The first kappa shape index (κ1) is 12.1. The molecule has 0 radical (unpaired) electrons. The molecule has 0 aromatic heterocycles. The fourth-order valence-corrected chi connectivity index (χ4v) is 2.19. The van der Waals surface area contributed by atoms with Crippen molar-refractivity contribution < 1.29 is 36.0 Å². The van der Waals surface area contributed by atoms with Gasteiger partial charge in [-0.15, -0.1) is 0 Å². The van der Waals surface area contributed by atoms with Gasteiger partial charge in [0.05, 0.1) is 0 Å². The van der Waals surface area contributed by atoms with Gasteiger partial charge in [-0.25, -0.2) is 0 Å². The van der Waals surface area contributed by atoms with Crippen LogP contribution in [0.3, 0.4) is 0 Å². The van der Waals surface area contributed by atoms with E-state index in [9.17, 15) is 0 Å². The van der Waals surface area contributed by atoms with Crippen molar-refractivity contribution >= 4 is 5.97 Å². The summed E-state index contributed by atoms with van der Waals surface area (Å²) in [5.74, 6) is -0.833. The standard InChI is InChI=1S/C4H9.C2H4O2.Hg/c1-3-4-2;1-2(3)4;/h1,3-4H2,2H3;1H3,(H,3,4);. The summed E-state index contributed by atoms with van der Waals surface area (Å²) in [6.45, 7) is 3.33. The fourth-order valence-electron chi connectivity index (χ4n) is 0.250. The second-order valence-electron chi connectivity index (χ2n) is 1.73. The van der Waals surface area contributed by atoms with Crippen LogP contribution in [0, 0.1) is 0 Å². The third-order valence-electron chi connectivity index (χ3n) is 0.604. The number of hydrogen-bond donors (Lipinski definition) is 1. The quantitative estimate of drug-likeness (QED) is 0.789. The van der Waals surface area contributed by atoms with Crippen molar-refractivity contribution in [2.24, 2.45) is 0 Å². The number of rotatable bonds is 2. The minimum absolute atomic E-state index is 0.833. The van der Waals surface area contributed by atoms with Gasteiger partial charge in [0.15, 0.2) is 0 Å². The summed E-state index contributed by atoms with van der Waals surface area (Å²) in [4.78, 5) is 9.00. The fraction of sp³-hybridized carbons (Fsp3) is 0.833. The van der Waals surface area contributed by atoms with E-state index >= 15 is 0 Å². The Kier molecular flexibility index (Phi) is 15.1. The van der Waals surface area contributed by atoms with Crippen LogP contribution in [0.4, 0.5) is 0 Å². The maximum absolute atomic E-state index is 9.00. The second kappa shape index (κ2) is 11.2. The molecule has 0 saturated carbocycles. The van der Waals surface area contributed by atoms with E-state index in [2.05, 4.69) is 6.92 Å². The number of carboxylic acids is 1. The molecule has 1 N–H and O–H groups in total. The van der Waals surface area contributed by atoms with Crippen LogP contribution >= 0.6 is 0 Å². The van der Waals surface area contributed by atoms with Crippen LogP contribution in [0.25, 0.3) is 0 Å². The zero-order valence-electron chi connectivity index (χ0n) is 6.18. The number of unbranched alkanes of at least 4 members (excludes halogenated alkanes) is 1. The van der Waals surface area contributed by atoms with E-state index in [1.807, 2.05) is 0 Å². The number of aliphatic carboxylic acids is 1. The summed E-state index contributed by atoms with van der Waals surface area (Å²) in [7, 11) is 0. The van der Waals surface area contributed by atoms with E-state index in [-0.39, 0.29) is 0 Å². The summed E-state index contributed by atoms with van der Waals surface area (Å²) in [6, 6.07) is 0. The van der Waals surface area contributed by atoms with Gasteiger partial charge in [-0.2, -0.15) is 0 Å². The average Bonchev–Trinajstić information content (AvgIpc) is 1.66. The maximum atomic E-state index is 9.00. The Bertz CT molecular complexity index is 58.1. The van der Waals surface area contributed by atoms with Gasteiger partial charge in [0.2, 0.25) is 0 Å². The summed E-state index contributed by atoms with van der Waals surface area (Å²) in [5.41, 5.74) is 0. The van der Waals surface area contributed by atoms with Gasteiger partial charge in [-0.3, -0.25) is 4.79 Å². The molecule has 0 aliphatic rings. The molecule has 2 nitrogen and oxygen atoms in total. The minimum atomic E-state index is -0.833. The SMILES string of the molecule is CC(=O)O.CCC[CH2][Hg]. The van der Waals surface area contributed by atoms with E-state index in [0.717, 1.165) is 33.0 Å². The van der Waals surface area contributed by atoms with Gasteiger partial charge in [-0.05, 0) is 0 Å². The van der Waals surface area contributed by atoms with Crippen LogP contribution in [-0.2, 0) is 30.9 Å². The molecule has 0 spiro atoms. The van der Waals surface area contributed by atoms with Crippen molar-refractivity contribution in [3.63, 3.8) is 0 Å². The monoisotopic (exact) mass is 319 g/mol. The zero-order valence-corrected chi connectivity index (χ0v) is 11.7. The molecule has 0 bridgehead atoms. The van der Waals surface area contributed by atoms with Crippen molar-refractivity contribution in [1.82, 2.24) is 0 Å². The summed E-state index contributed by atoms with van der Waals surface area (Å²) >= 11 is 1.07. The normalized spacial score (nSPS) is 7.56. The van der Waals surface area contributed by atoms with E-state index < -0.39 is 5.97 Å². The molecule has 0 unspecified atom stereocenters. The first-order valence-electron chi connectivity index (χ1n) is 3.13. The van der Waals surface area contributed by atoms with Crippen molar-refractivity contribution in [2.75, 3.05) is 0 Å². The van der Waals surface area contributed by atoms with Crippen LogP contribution in [0.15, 0.2) is 0 Å². The molecule has 0 aliphatic carbocycles. The summed E-state index contributed by atoms with van der Waals surface area (Å²) in [6.07, 6.45) is 2.87. The van der Waals surface area contributed by atoms with Gasteiger partial charge in [0.25, 0.3) is 5.97 Å². The molecular formula is C6H13HgO2. The van der Waals surface area contributed by atoms with Crippen LogP contribution in [0.5, 0.6) is 0 Å². The molecule has 0 heterocycles. The van der Waals surface area contributed by atoms with E-state index in [1.165, 1.54) is 16.8 Å². The summed E-state index contributed by atoms with van der Waals surface area (Å²) < 4.78 is 1.54. The van der Waals surface area contributed by atoms with Crippen LogP contribution in [0.1, 0.15) is 26.7 Å². The molecule has 51 valence electrons. The molecular weight excluding hydrogens is 305 g/mol. The van der Waals surface area contributed by atoms with E-state index in [1.54, 1.807) is 0 Å². The Morgan fingerprint density at radius 3 is 2.00 bits per heavy atom. The van der Waals surface area contributed by atoms with Gasteiger partial charge < -0.3 is 5.11 Å². The average molecular weight is 318 g/mol. The molecule has 0 amide bonds. The molecule has 0 saturated heterocycles. The van der Waals surface area contributed by atoms with Gasteiger partial charge in [0, 0.05) is 6.92 Å². The Morgan fingerprint density at radius 2 is 2.00 bits per heavy atom. The Balaban J connectivity index is 0. The predicted molar refractivity (Wildman–Crippen MR) is 33.0 cm³/mol. The number of hydrogen-bond acceptors (Lipinski definition) is 1. The van der Waals surface area contributed by atoms with Crippen LogP contribution < -0.4 is 0 Å². The van der Waals surface area contributed by atoms with Crippen molar-refractivity contribution in [3.8, 4) is 0 Å². The first-order valence-corrected chi connectivity index (χ1v) is 7.02. The topological polar surface area (TPSA) is 37.3 Å². The molecule has 3 heteroatoms. The van der Waals surface area contributed by atoms with E-state index in [0.29, 0.717) is 0 Å². The first-order chi connectivity index (χ1) is 4.15. The number of carbonyl (C=O) groups is 1. The molecule has 0 atom stereocenters. The molecule has 0 fully saturated rings. The van der Waals surface area contributed by atoms with Crippen LogP contribution in [-0.4, -0.2) is 11.1 Å². The molecule has 0 rings (SSSR count). The Hall–Kier alpha value is 0.405. The third-order valence-corrected chi connectivity index (χ3v) is 2.55. The van der Waals surface area contributed by atoms with Gasteiger partial charge in [-0.1, -0.05) is 0 Å². The Labute approximate surface area is 72.6 Å². The van der Waals surface area contributed by atoms with Crippen molar-refractivity contribution in [2.45, 2.75) is 30.6 Å². The zero-order chi connectivity index (χ0) is 7.70. The van der Waals surface area contributed by atoms with Gasteiger partial charge >= 0.3 is 49.8 Å². The number of carboxylic acid groups (broad SMARTS) is 1. The molecule has 0 aromatic rings. The second-order valence-corrected chi connectivity index (χ2v) is 4.47. The predicted octanol–water partition coefficient (Wildman–Crippen LogP) is 1.84. The third kappa shape index (κ3) is 59.6.